The van der Waals surface area contributed by atoms with E-state index in [1.807, 2.05) is 18.2 Å². The van der Waals surface area contributed by atoms with Crippen LogP contribution in [0.2, 0.25) is 5.02 Å². The fourth-order valence-electron chi connectivity index (χ4n) is 3.14. The summed E-state index contributed by atoms with van der Waals surface area (Å²) < 4.78 is 31.4. The topological polar surface area (TPSA) is 75.7 Å². The van der Waals surface area contributed by atoms with Crippen molar-refractivity contribution in [2.45, 2.75) is 25.4 Å². The summed E-state index contributed by atoms with van der Waals surface area (Å²) >= 11 is 6.02. The molecule has 0 spiro atoms. The summed E-state index contributed by atoms with van der Waals surface area (Å²) in [6.07, 6.45) is 2.30. The van der Waals surface area contributed by atoms with Crippen LogP contribution in [0.1, 0.15) is 18.4 Å². The molecule has 1 aliphatic heterocycles. The Morgan fingerprint density at radius 1 is 1.25 bits per heavy atom. The fourth-order valence-corrected chi connectivity index (χ4v) is 4.25. The fraction of sp³-hybridized carbons (Fsp3) is 0.350. The number of hydrogen-bond donors (Lipinski definition) is 1. The van der Waals surface area contributed by atoms with Gasteiger partial charge in [-0.3, -0.25) is 9.10 Å². The van der Waals surface area contributed by atoms with Crippen LogP contribution in [-0.2, 0) is 21.2 Å². The van der Waals surface area contributed by atoms with Gasteiger partial charge < -0.3 is 10.1 Å². The highest BCUT2D eigenvalue weighted by atomic mass is 35.5. The Bertz CT molecular complexity index is 934. The van der Waals surface area contributed by atoms with Gasteiger partial charge in [-0.25, -0.2) is 8.42 Å². The third kappa shape index (κ3) is 5.17. The highest BCUT2D eigenvalue weighted by Gasteiger charge is 2.31. The molecule has 28 heavy (non-hydrogen) atoms. The molecule has 1 amide bonds. The lowest BCUT2D eigenvalue weighted by Crippen LogP contribution is -2.40. The van der Waals surface area contributed by atoms with Gasteiger partial charge in [-0.1, -0.05) is 41.9 Å². The number of aryl methyl sites for hydroxylation is 1. The van der Waals surface area contributed by atoms with Gasteiger partial charge >= 0.3 is 0 Å². The van der Waals surface area contributed by atoms with E-state index in [0.717, 1.165) is 19.1 Å². The lowest BCUT2D eigenvalue weighted by molar-refractivity contribution is -0.128. The van der Waals surface area contributed by atoms with Crippen LogP contribution in [-0.4, -0.2) is 39.8 Å². The summed E-state index contributed by atoms with van der Waals surface area (Å²) in [5.41, 5.74) is 1.58. The molecule has 3 rings (SSSR count). The average Bonchev–Trinajstić information content (AvgIpc) is 2.85. The lowest BCUT2D eigenvalue weighted by Gasteiger charge is -2.21. The molecule has 0 unspecified atom stereocenters. The van der Waals surface area contributed by atoms with Crippen LogP contribution in [0, 0.1) is 0 Å². The second-order valence-electron chi connectivity index (χ2n) is 6.72. The Balaban J connectivity index is 1.63. The molecule has 6 nitrogen and oxygen atoms in total. The van der Waals surface area contributed by atoms with E-state index < -0.39 is 16.1 Å². The first kappa shape index (κ1) is 20.5. The number of nitrogens with one attached hydrogen (secondary N) is 1. The van der Waals surface area contributed by atoms with E-state index in [9.17, 15) is 13.2 Å². The molecule has 2 aromatic carbocycles. The molecular formula is C20H23ClN2O4S. The molecule has 0 saturated carbocycles. The molecular weight excluding hydrogens is 400 g/mol. The van der Waals surface area contributed by atoms with Crippen molar-refractivity contribution in [3.8, 4) is 5.75 Å². The molecule has 1 heterocycles. The minimum Gasteiger partial charge on any atom is -0.478 e. The number of anilines is 1. The number of carbonyl (C=O) groups excluding carboxylic acids is 1. The number of halogens is 1. The van der Waals surface area contributed by atoms with Crippen molar-refractivity contribution in [1.29, 1.82) is 0 Å². The van der Waals surface area contributed by atoms with E-state index in [1.54, 1.807) is 12.1 Å². The van der Waals surface area contributed by atoms with E-state index in [-0.39, 0.29) is 18.9 Å². The number of rotatable bonds is 6. The first-order valence-electron chi connectivity index (χ1n) is 9.10. The molecule has 1 atom stereocenters. The number of sulfonamides is 1. The summed E-state index contributed by atoms with van der Waals surface area (Å²) in [5, 5.41) is 3.29. The molecule has 1 aliphatic rings. The Hall–Kier alpha value is -2.25. The molecule has 0 aromatic heterocycles. The van der Waals surface area contributed by atoms with Gasteiger partial charge in [0, 0.05) is 24.5 Å². The van der Waals surface area contributed by atoms with Crippen LogP contribution in [0.4, 0.5) is 5.69 Å². The van der Waals surface area contributed by atoms with Crippen LogP contribution >= 0.6 is 11.6 Å². The Morgan fingerprint density at radius 2 is 2.00 bits per heavy atom. The van der Waals surface area contributed by atoms with Crippen molar-refractivity contribution in [2.75, 3.05) is 23.7 Å². The molecule has 1 N–H and O–H groups in total. The van der Waals surface area contributed by atoms with E-state index in [1.165, 1.54) is 15.9 Å². The smallest absolute Gasteiger partial charge is 0.261 e. The number of nitrogens with zero attached hydrogens (tertiary/aromatic N) is 1. The van der Waals surface area contributed by atoms with Crippen molar-refractivity contribution in [3.63, 3.8) is 0 Å². The second kappa shape index (κ2) is 8.84. The zero-order valence-electron chi connectivity index (χ0n) is 15.6. The summed E-state index contributed by atoms with van der Waals surface area (Å²) in [4.78, 5) is 12.6. The molecule has 2 aromatic rings. The summed E-state index contributed by atoms with van der Waals surface area (Å²) in [6.45, 7) is 0.672. The largest absolute Gasteiger partial charge is 0.478 e. The van der Waals surface area contributed by atoms with Crippen molar-refractivity contribution < 1.29 is 17.9 Å². The average molecular weight is 423 g/mol. The molecule has 8 heteroatoms. The molecule has 0 radical (unpaired) electrons. The predicted molar refractivity (Wildman–Crippen MR) is 110 cm³/mol. The Labute approximate surface area is 170 Å². The van der Waals surface area contributed by atoms with Gasteiger partial charge in [-0.05, 0) is 36.6 Å². The molecule has 0 saturated heterocycles. The zero-order valence-corrected chi connectivity index (χ0v) is 17.2. The maximum atomic E-state index is 12.6. The Kier molecular flexibility index (Phi) is 6.46. The molecule has 150 valence electrons. The third-order valence-corrected chi connectivity index (χ3v) is 5.95. The van der Waals surface area contributed by atoms with Gasteiger partial charge in [0.25, 0.3) is 5.91 Å². The van der Waals surface area contributed by atoms with Crippen molar-refractivity contribution in [2.24, 2.45) is 0 Å². The number of fused-ring (bicyclic) bond motifs is 1. The molecule has 0 bridgehead atoms. The molecule has 0 aliphatic carbocycles. The summed E-state index contributed by atoms with van der Waals surface area (Å²) in [5.74, 6) is 0.0843. The van der Waals surface area contributed by atoms with Gasteiger partial charge in [-0.15, -0.1) is 0 Å². The minimum absolute atomic E-state index is 0.147. The number of benzene rings is 2. The van der Waals surface area contributed by atoms with Crippen molar-refractivity contribution in [1.82, 2.24) is 5.32 Å². The predicted octanol–water partition coefficient (Wildman–Crippen LogP) is 3.01. The zero-order chi connectivity index (χ0) is 20.1. The Morgan fingerprint density at radius 3 is 2.71 bits per heavy atom. The highest BCUT2D eigenvalue weighted by molar-refractivity contribution is 7.92. The number of ether oxygens (including phenoxy) is 1. The number of carbonyl (C=O) groups is 1. The normalized spacial score (nSPS) is 16.6. The van der Waals surface area contributed by atoms with Crippen LogP contribution in [0.15, 0.2) is 48.5 Å². The quantitative estimate of drug-likeness (QED) is 0.726. The van der Waals surface area contributed by atoms with Crippen LogP contribution in [0.3, 0.4) is 0 Å². The van der Waals surface area contributed by atoms with Gasteiger partial charge in [0.05, 0.1) is 11.9 Å². The standard InChI is InChI=1S/C20H23ClN2O4S/c1-28(25,26)23-13-11-19(27-18-10-9-16(21)14-17(18)23)20(24)22-12-5-8-15-6-3-2-4-7-15/h2-4,6-7,9-10,14,19H,5,8,11-13H2,1H3,(H,22,24)/t19-/m1/s1. The first-order chi connectivity index (χ1) is 13.3. The SMILES string of the molecule is CS(=O)(=O)N1CC[C@H](C(=O)NCCCc2ccccc2)Oc2ccc(Cl)cc21. The van der Waals surface area contributed by atoms with E-state index in [0.29, 0.717) is 23.0 Å². The van der Waals surface area contributed by atoms with Gasteiger partial charge in [0.2, 0.25) is 10.0 Å². The van der Waals surface area contributed by atoms with Crippen LogP contribution in [0.5, 0.6) is 5.75 Å². The maximum Gasteiger partial charge on any atom is 0.261 e. The van der Waals surface area contributed by atoms with Crippen LogP contribution < -0.4 is 14.4 Å². The third-order valence-electron chi connectivity index (χ3n) is 4.53. The van der Waals surface area contributed by atoms with Crippen LogP contribution in [0.25, 0.3) is 0 Å². The van der Waals surface area contributed by atoms with E-state index in [4.69, 9.17) is 16.3 Å². The summed E-state index contributed by atoms with van der Waals surface area (Å²) in [7, 11) is -3.52. The van der Waals surface area contributed by atoms with E-state index in [2.05, 4.69) is 17.4 Å². The number of hydrogen-bond acceptors (Lipinski definition) is 4. The van der Waals surface area contributed by atoms with E-state index >= 15 is 0 Å². The van der Waals surface area contributed by atoms with Gasteiger partial charge in [0.15, 0.2) is 6.10 Å². The number of amides is 1. The lowest BCUT2D eigenvalue weighted by atomic mass is 10.1. The van der Waals surface area contributed by atoms with Crippen molar-refractivity contribution in [3.05, 3.63) is 59.1 Å². The second-order valence-corrected chi connectivity index (χ2v) is 9.07. The first-order valence-corrected chi connectivity index (χ1v) is 11.3. The van der Waals surface area contributed by atoms with Gasteiger partial charge in [-0.2, -0.15) is 0 Å². The summed E-state index contributed by atoms with van der Waals surface area (Å²) in [6, 6.07) is 14.8. The molecule has 0 fully saturated rings. The van der Waals surface area contributed by atoms with Gasteiger partial charge in [0.1, 0.15) is 5.75 Å². The monoisotopic (exact) mass is 422 g/mol. The maximum absolute atomic E-state index is 12.6. The minimum atomic E-state index is -3.52. The van der Waals surface area contributed by atoms with Crippen molar-refractivity contribution >= 4 is 33.2 Å². The highest BCUT2D eigenvalue weighted by Crippen LogP contribution is 2.36.